The van der Waals surface area contributed by atoms with Crippen molar-refractivity contribution in [2.45, 2.75) is 37.0 Å². The van der Waals surface area contributed by atoms with Crippen molar-refractivity contribution < 1.29 is 35.1 Å². The number of aliphatic hydroxyl groups is 4. The molecule has 1 aromatic rings. The molecule has 3 aliphatic carbocycles. The second kappa shape index (κ2) is 6.81. The Morgan fingerprint density at radius 2 is 1.84 bits per heavy atom. The van der Waals surface area contributed by atoms with Crippen molar-refractivity contribution >= 4 is 11.7 Å². The highest BCUT2D eigenvalue weighted by Crippen LogP contribution is 2.55. The van der Waals surface area contributed by atoms with E-state index in [4.69, 9.17) is 5.73 Å². The number of hydrogen-bond acceptors (Lipinski definition) is 8. The van der Waals surface area contributed by atoms with Gasteiger partial charge in [-0.25, -0.2) is 0 Å². The Hall–Kier alpha value is -2.88. The average molecular weight is 430 g/mol. The van der Waals surface area contributed by atoms with Crippen LogP contribution in [0, 0.1) is 11.8 Å². The molecule has 0 radical (unpaired) electrons. The third-order valence-electron chi connectivity index (χ3n) is 7.13. The van der Waals surface area contributed by atoms with Gasteiger partial charge in [-0.2, -0.15) is 0 Å². The highest BCUT2D eigenvalue weighted by atomic mass is 16.4. The van der Waals surface area contributed by atoms with E-state index in [1.807, 2.05) is 13.0 Å². The standard InChI is InChI=1S/C22H26N2O7/c1-8-9-5-4-6-12(25)10(9)7-11-13(8)17(26)15-16(24(2)3)18(27)14(21(23)30)20(29)22(15,31)19(11)28/h4-6,8,13,15-17,25-26,28-29,31H,7H2,1-3H3,(H2,23,30)/t8-,13-,15-,16-,17-,22+/m1/s1. The molecule has 0 heterocycles. The molecule has 3 aliphatic rings. The number of nitrogens with two attached hydrogens (primary N) is 1. The number of Topliss-reactive ketones (excluding diaryl/α,β-unsaturated/α-hetero) is 1. The lowest BCUT2D eigenvalue weighted by atomic mass is 9.56. The Kier molecular flexibility index (Phi) is 4.69. The molecular formula is C22H26N2O7. The molecule has 0 unspecified atom stereocenters. The lowest BCUT2D eigenvalue weighted by Gasteiger charge is -2.54. The molecule has 0 saturated carbocycles. The monoisotopic (exact) mass is 430 g/mol. The van der Waals surface area contributed by atoms with Crippen molar-refractivity contribution in [3.05, 3.63) is 52.0 Å². The number of likely N-dealkylation sites (N-methyl/N-ethyl adjacent to an activating group) is 1. The first-order valence-corrected chi connectivity index (χ1v) is 10.0. The van der Waals surface area contributed by atoms with Gasteiger partial charge in [0, 0.05) is 17.9 Å². The van der Waals surface area contributed by atoms with Crippen LogP contribution in [0.4, 0.5) is 0 Å². The minimum Gasteiger partial charge on any atom is -0.509 e. The number of primary amides is 1. The van der Waals surface area contributed by atoms with Crippen LogP contribution in [-0.4, -0.2) is 74.0 Å². The first-order valence-electron chi connectivity index (χ1n) is 10.0. The Labute approximate surface area is 178 Å². The molecule has 31 heavy (non-hydrogen) atoms. The number of ketones is 1. The van der Waals surface area contributed by atoms with Crippen LogP contribution < -0.4 is 5.73 Å². The Balaban J connectivity index is 2.03. The number of amides is 1. The van der Waals surface area contributed by atoms with Crippen molar-refractivity contribution in [1.82, 2.24) is 4.90 Å². The molecule has 4 rings (SSSR count). The van der Waals surface area contributed by atoms with Crippen LogP contribution in [0.1, 0.15) is 24.0 Å². The fraction of sp³-hybridized carbons (Fsp3) is 0.455. The van der Waals surface area contributed by atoms with Crippen molar-refractivity contribution in [3.8, 4) is 5.75 Å². The molecule has 6 atom stereocenters. The van der Waals surface area contributed by atoms with Crippen LogP contribution in [0.25, 0.3) is 0 Å². The first kappa shape index (κ1) is 21.4. The molecule has 9 heteroatoms. The zero-order chi connectivity index (χ0) is 23.0. The summed E-state index contributed by atoms with van der Waals surface area (Å²) in [6.07, 6.45) is -1.33. The molecule has 1 amide bonds. The maximum absolute atomic E-state index is 13.0. The maximum atomic E-state index is 13.0. The number of carbonyl (C=O) groups is 2. The summed E-state index contributed by atoms with van der Waals surface area (Å²) in [5, 5.41) is 55.4. The summed E-state index contributed by atoms with van der Waals surface area (Å²) in [5.41, 5.74) is 3.48. The predicted molar refractivity (Wildman–Crippen MR) is 109 cm³/mol. The molecule has 9 nitrogen and oxygen atoms in total. The number of phenols is 1. The van der Waals surface area contributed by atoms with Crippen LogP contribution >= 0.6 is 0 Å². The second-order valence-electron chi connectivity index (χ2n) is 8.85. The molecule has 166 valence electrons. The van der Waals surface area contributed by atoms with E-state index < -0.39 is 58.4 Å². The average Bonchev–Trinajstić information content (AvgIpc) is 2.68. The van der Waals surface area contributed by atoms with E-state index in [1.54, 1.807) is 6.07 Å². The fourth-order valence-electron chi connectivity index (χ4n) is 5.73. The van der Waals surface area contributed by atoms with Crippen LogP contribution in [-0.2, 0) is 16.0 Å². The molecule has 7 N–H and O–H groups in total. The normalized spacial score (nSPS) is 35.0. The van der Waals surface area contributed by atoms with Gasteiger partial charge in [-0.05, 0) is 37.2 Å². The summed E-state index contributed by atoms with van der Waals surface area (Å²) in [7, 11) is 3.06. The van der Waals surface area contributed by atoms with Crippen LogP contribution in [0.2, 0.25) is 0 Å². The lowest BCUT2D eigenvalue weighted by molar-refractivity contribution is -0.152. The third kappa shape index (κ3) is 2.60. The molecule has 0 aromatic heterocycles. The summed E-state index contributed by atoms with van der Waals surface area (Å²) >= 11 is 0. The maximum Gasteiger partial charge on any atom is 0.255 e. The third-order valence-corrected chi connectivity index (χ3v) is 7.13. The summed E-state index contributed by atoms with van der Waals surface area (Å²) in [6.45, 7) is 1.82. The van der Waals surface area contributed by atoms with Crippen molar-refractivity contribution in [2.24, 2.45) is 17.6 Å². The summed E-state index contributed by atoms with van der Waals surface area (Å²) in [4.78, 5) is 26.4. The van der Waals surface area contributed by atoms with E-state index in [2.05, 4.69) is 0 Å². The Bertz CT molecular complexity index is 1060. The smallest absolute Gasteiger partial charge is 0.255 e. The van der Waals surface area contributed by atoms with E-state index in [0.29, 0.717) is 5.56 Å². The minimum atomic E-state index is -2.58. The minimum absolute atomic E-state index is 0.00859. The van der Waals surface area contributed by atoms with Gasteiger partial charge in [0.05, 0.1) is 18.1 Å². The number of carbonyl (C=O) groups excluding carboxylic acids is 2. The van der Waals surface area contributed by atoms with Crippen LogP contribution in [0.3, 0.4) is 0 Å². The van der Waals surface area contributed by atoms with Gasteiger partial charge in [0.25, 0.3) is 5.91 Å². The highest BCUT2D eigenvalue weighted by Gasteiger charge is 2.65. The van der Waals surface area contributed by atoms with Gasteiger partial charge in [-0.3, -0.25) is 14.5 Å². The van der Waals surface area contributed by atoms with E-state index in [-0.39, 0.29) is 23.7 Å². The summed E-state index contributed by atoms with van der Waals surface area (Å²) in [5.74, 6) is -6.16. The van der Waals surface area contributed by atoms with Gasteiger partial charge in [0.1, 0.15) is 22.8 Å². The number of benzene rings is 1. The quantitative estimate of drug-likeness (QED) is 0.357. The molecule has 1 aromatic carbocycles. The number of phenolic OH excluding ortho intramolecular Hbond substituents is 1. The van der Waals surface area contributed by atoms with Crippen molar-refractivity contribution in [2.75, 3.05) is 14.1 Å². The van der Waals surface area contributed by atoms with E-state index >= 15 is 0 Å². The highest BCUT2D eigenvalue weighted by molar-refractivity contribution is 6.22. The predicted octanol–water partition coefficient (Wildman–Crippen LogP) is 0.0122. The zero-order valence-electron chi connectivity index (χ0n) is 17.4. The largest absolute Gasteiger partial charge is 0.509 e. The number of fused-ring (bicyclic) bond motifs is 3. The van der Waals surface area contributed by atoms with Gasteiger partial charge < -0.3 is 31.3 Å². The molecule has 0 spiro atoms. The van der Waals surface area contributed by atoms with Gasteiger partial charge in [-0.15, -0.1) is 0 Å². The van der Waals surface area contributed by atoms with Crippen molar-refractivity contribution in [3.63, 3.8) is 0 Å². The summed E-state index contributed by atoms with van der Waals surface area (Å²) in [6, 6.07) is 3.79. The number of aromatic hydroxyl groups is 1. The van der Waals surface area contributed by atoms with Crippen LogP contribution in [0.15, 0.2) is 40.9 Å². The van der Waals surface area contributed by atoms with E-state index in [9.17, 15) is 35.1 Å². The Morgan fingerprint density at radius 1 is 1.19 bits per heavy atom. The van der Waals surface area contributed by atoms with Gasteiger partial charge in [-0.1, -0.05) is 19.1 Å². The lowest BCUT2D eigenvalue weighted by Crippen LogP contribution is -2.67. The molecule has 0 bridgehead atoms. The van der Waals surface area contributed by atoms with Crippen molar-refractivity contribution in [1.29, 1.82) is 0 Å². The van der Waals surface area contributed by atoms with Gasteiger partial charge in [0.15, 0.2) is 11.4 Å². The molecular weight excluding hydrogens is 404 g/mol. The van der Waals surface area contributed by atoms with E-state index in [0.717, 1.165) is 5.56 Å². The Morgan fingerprint density at radius 3 is 2.42 bits per heavy atom. The number of aliphatic hydroxyl groups excluding tert-OH is 3. The second-order valence-corrected chi connectivity index (χ2v) is 8.85. The molecule has 0 saturated heterocycles. The molecule has 0 fully saturated rings. The first-order chi connectivity index (χ1) is 14.4. The fourth-order valence-corrected chi connectivity index (χ4v) is 5.73. The number of nitrogens with zero attached hydrogens (tertiary/aromatic N) is 1. The zero-order valence-corrected chi connectivity index (χ0v) is 17.4. The van der Waals surface area contributed by atoms with E-state index in [1.165, 1.54) is 25.1 Å². The topological polar surface area (TPSA) is 165 Å². The SMILES string of the molecule is C[C@@H]1c2cccc(O)c2CC2=C(O)[C@]3(O)C(O)=C(C(N)=O)C(=O)[C@H](N(C)C)[C@@H]3[C@H](O)[C@@H]21. The molecule has 0 aliphatic heterocycles. The van der Waals surface area contributed by atoms with Gasteiger partial charge >= 0.3 is 0 Å². The number of rotatable bonds is 2. The van der Waals surface area contributed by atoms with Gasteiger partial charge in [0.2, 0.25) is 0 Å². The number of hydrogen-bond donors (Lipinski definition) is 6. The summed E-state index contributed by atoms with van der Waals surface area (Å²) < 4.78 is 0. The van der Waals surface area contributed by atoms with Crippen LogP contribution in [0.5, 0.6) is 5.75 Å².